The van der Waals surface area contributed by atoms with Gasteiger partial charge >= 0.3 is 0 Å². The average Bonchev–Trinajstić information content (AvgIpc) is 1.60. The normalized spacial score (nSPS) is 17.5. The van der Waals surface area contributed by atoms with Crippen LogP contribution in [-0.2, 0) is 33.5 Å². The molecule has 7 aromatic carbocycles. The minimum atomic E-state index is -0.359. The molecule has 0 spiro atoms. The van der Waals surface area contributed by atoms with Gasteiger partial charge in [0.05, 0.1) is 22.5 Å². The molecule has 0 saturated heterocycles. The number of nitrogens with zero attached hydrogens (tertiary/aromatic N) is 10. The second-order valence-corrected chi connectivity index (χ2v) is 29.5. The number of benzene rings is 7. The van der Waals surface area contributed by atoms with Crippen molar-refractivity contribution in [2.75, 3.05) is 79.1 Å². The monoisotopic (exact) mass is 1390 g/mol. The molecule has 0 radical (unpaired) electrons. The first-order valence-electron chi connectivity index (χ1n) is 38.0. The summed E-state index contributed by atoms with van der Waals surface area (Å²) in [5.41, 5.74) is 20.4. The molecule has 12 heteroatoms. The van der Waals surface area contributed by atoms with Gasteiger partial charge in [-0.1, -0.05) is 233 Å². The zero-order chi connectivity index (χ0) is 73.8. The largest absolute Gasteiger partial charge is 0.372 e. The molecule has 4 heterocycles. The Labute approximate surface area is 625 Å². The summed E-state index contributed by atoms with van der Waals surface area (Å²) < 4.78 is 2.56. The maximum atomic E-state index is 14.3. The van der Waals surface area contributed by atoms with Crippen molar-refractivity contribution in [1.82, 2.24) is 9.80 Å². The van der Waals surface area contributed by atoms with Crippen molar-refractivity contribution in [3.8, 4) is 0 Å². The summed E-state index contributed by atoms with van der Waals surface area (Å²) in [5.74, 6) is 0.924. The SMILES string of the molecule is CCCCN(CCCC)c1ccc(/C(=C\C=C\C(=C2C=CC(=[N+](CCCC)CCCC)C=C2)c2ccc(CN3C(=CC=C4C(=O)N(c5ccccc5)N=C4N(C)C)C(C)(C)c4ccccc43)cc2)c2ccc(CN3C(=CC=C4C(=O)N(c5ccccc5)N=C4N(C)C)C(C)(C)c4ccccc43)cc2)cc1. The maximum absolute atomic E-state index is 14.3. The quantitative estimate of drug-likeness (QED) is 0.0303. The van der Waals surface area contributed by atoms with E-state index in [1.54, 1.807) is 0 Å². The number of carbonyl (C=O) groups excluding carboxylic acids is 2. The Bertz CT molecular complexity index is 4650. The van der Waals surface area contributed by atoms with Gasteiger partial charge in [-0.15, -0.1) is 10.2 Å². The molecule has 0 fully saturated rings. The lowest BCUT2D eigenvalue weighted by Crippen LogP contribution is -2.27. The van der Waals surface area contributed by atoms with Gasteiger partial charge in [0.25, 0.3) is 11.8 Å². The topological polar surface area (TPSA) is 84.5 Å². The Kier molecular flexibility index (Phi) is 23.4. The fraction of sp³-hybridized carbons (Fsp3) is 0.301. The summed E-state index contributed by atoms with van der Waals surface area (Å²) in [6, 6.07) is 64.2. The van der Waals surface area contributed by atoms with E-state index >= 15 is 0 Å². The van der Waals surface area contributed by atoms with Crippen molar-refractivity contribution in [2.24, 2.45) is 10.2 Å². The number of amides is 2. The standard InChI is InChI=1S/C93H105N10O2/c1-13-17-62-98(63-18-14-2)74-54-50-72(51-55-74)78(70-46-42-68(43-47-70)66-100-84-40-29-27-38-82(84)92(5,6)86(100)60-58-80-88(96(9)10)94-102(90(80)104)76-32-23-21-24-33-76)36-31-37-79(73-52-56-75(57-53-73)99(64-19-15-3)65-20-16-4)71-48-44-69(45-49-71)67-101-85-41-30-28-39-83(85)93(7,8)87(101)61-59-81-89(97(11)12)95-103(91(81)105)77-34-25-22-26-35-77/h21-61H,13-20,62-67H2,1-12H3/q+1. The lowest BCUT2D eigenvalue weighted by Gasteiger charge is -2.27. The Morgan fingerprint density at radius 3 is 1.30 bits per heavy atom. The molecule has 0 atom stereocenters. The molecule has 5 aliphatic rings. The van der Waals surface area contributed by atoms with Crippen LogP contribution in [0.4, 0.5) is 28.4 Å². The number of likely N-dealkylation sites (N-methyl/N-ethyl adjacent to an activating group) is 2. The van der Waals surface area contributed by atoms with Crippen LogP contribution in [0.5, 0.6) is 0 Å². The molecule has 0 aromatic heterocycles. The lowest BCUT2D eigenvalue weighted by atomic mass is 9.83. The number of carbonyl (C=O) groups is 2. The molecule has 0 unspecified atom stereocenters. The van der Waals surface area contributed by atoms with Crippen molar-refractivity contribution in [2.45, 2.75) is 131 Å². The second kappa shape index (κ2) is 33.3. The Morgan fingerprint density at radius 2 is 0.876 bits per heavy atom. The smallest absolute Gasteiger partial charge is 0.282 e. The molecule has 0 N–H and O–H groups in total. The lowest BCUT2D eigenvalue weighted by molar-refractivity contribution is -0.527. The molecule has 4 aliphatic heterocycles. The van der Waals surface area contributed by atoms with E-state index in [9.17, 15) is 9.59 Å². The first kappa shape index (κ1) is 73.9. The predicted octanol–water partition coefficient (Wildman–Crippen LogP) is 19.8. The summed E-state index contributed by atoms with van der Waals surface area (Å²) in [7, 11) is 7.74. The van der Waals surface area contributed by atoms with Gasteiger partial charge in [0.2, 0.25) is 0 Å². The first-order chi connectivity index (χ1) is 50.9. The molecule has 0 bridgehead atoms. The predicted molar refractivity (Wildman–Crippen MR) is 441 cm³/mol. The van der Waals surface area contributed by atoms with Crippen molar-refractivity contribution in [3.05, 3.63) is 316 Å². The number of allylic oxidation sites excluding steroid dienone is 15. The number of rotatable bonds is 26. The fourth-order valence-electron chi connectivity index (χ4n) is 14.9. The van der Waals surface area contributed by atoms with E-state index in [1.165, 1.54) is 32.5 Å². The van der Waals surface area contributed by atoms with Gasteiger partial charge in [-0.05, 0) is 153 Å². The van der Waals surface area contributed by atoms with Crippen LogP contribution >= 0.6 is 0 Å². The molecule has 1 aliphatic carbocycles. The zero-order valence-electron chi connectivity index (χ0n) is 63.9. The van der Waals surface area contributed by atoms with E-state index in [1.807, 2.05) is 111 Å². The van der Waals surface area contributed by atoms with Crippen LogP contribution in [0.3, 0.4) is 0 Å². The van der Waals surface area contributed by atoms with Crippen LogP contribution in [0.1, 0.15) is 146 Å². The molecular formula is C93H105N10O2+. The van der Waals surface area contributed by atoms with E-state index < -0.39 is 0 Å². The summed E-state index contributed by atoms with van der Waals surface area (Å²) in [6.07, 6.45) is 33.6. The van der Waals surface area contributed by atoms with Crippen LogP contribution in [0.15, 0.2) is 287 Å². The molecule has 0 saturated carbocycles. The highest BCUT2D eigenvalue weighted by Gasteiger charge is 2.42. The van der Waals surface area contributed by atoms with Gasteiger partial charge in [-0.25, -0.2) is 4.58 Å². The summed E-state index contributed by atoms with van der Waals surface area (Å²) in [6.45, 7) is 23.6. The van der Waals surface area contributed by atoms with Crippen LogP contribution < -0.4 is 24.7 Å². The van der Waals surface area contributed by atoms with Crippen molar-refractivity contribution in [1.29, 1.82) is 0 Å². The minimum Gasteiger partial charge on any atom is -0.372 e. The molecule has 12 nitrogen and oxygen atoms in total. The molecule has 7 aromatic rings. The third-order valence-corrected chi connectivity index (χ3v) is 20.9. The number of anilines is 5. The summed E-state index contributed by atoms with van der Waals surface area (Å²) in [5, 5.41) is 12.7. The highest BCUT2D eigenvalue weighted by Crippen LogP contribution is 2.50. The van der Waals surface area contributed by atoms with Crippen molar-refractivity contribution >= 4 is 68.8 Å². The number of amidine groups is 2. The minimum absolute atomic E-state index is 0.157. The third-order valence-electron chi connectivity index (χ3n) is 20.9. The van der Waals surface area contributed by atoms with Gasteiger partial charge < -0.3 is 24.5 Å². The molecule has 538 valence electrons. The highest BCUT2D eigenvalue weighted by molar-refractivity contribution is 6.30. The average molecular weight is 1390 g/mol. The van der Waals surface area contributed by atoms with E-state index in [2.05, 4.69) is 251 Å². The first-order valence-corrected chi connectivity index (χ1v) is 38.0. The number of para-hydroxylation sites is 4. The highest BCUT2D eigenvalue weighted by atomic mass is 16.2. The summed E-state index contributed by atoms with van der Waals surface area (Å²) in [4.78, 5) is 39.8. The van der Waals surface area contributed by atoms with E-state index in [-0.39, 0.29) is 22.6 Å². The van der Waals surface area contributed by atoms with Gasteiger partial charge in [0, 0.05) is 119 Å². The zero-order valence-corrected chi connectivity index (χ0v) is 63.9. The fourth-order valence-corrected chi connectivity index (χ4v) is 14.9. The molecular weight excluding hydrogens is 1290 g/mol. The Hall–Kier alpha value is -10.9. The van der Waals surface area contributed by atoms with Gasteiger partial charge in [-0.2, -0.15) is 10.0 Å². The van der Waals surface area contributed by atoms with E-state index in [4.69, 9.17) is 10.2 Å². The molecule has 2 amide bonds. The second-order valence-electron chi connectivity index (χ2n) is 29.5. The van der Waals surface area contributed by atoms with E-state index in [0.717, 1.165) is 156 Å². The van der Waals surface area contributed by atoms with Gasteiger partial charge in [-0.3, -0.25) is 9.59 Å². The van der Waals surface area contributed by atoms with Crippen LogP contribution in [0.2, 0.25) is 0 Å². The van der Waals surface area contributed by atoms with Crippen LogP contribution in [-0.4, -0.2) is 97.9 Å². The number of fused-ring (bicyclic) bond motifs is 2. The van der Waals surface area contributed by atoms with Gasteiger partial charge in [0.1, 0.15) is 13.1 Å². The van der Waals surface area contributed by atoms with Crippen LogP contribution in [0.25, 0.3) is 11.1 Å². The molecule has 105 heavy (non-hydrogen) atoms. The summed E-state index contributed by atoms with van der Waals surface area (Å²) >= 11 is 0. The molecule has 12 rings (SSSR count). The maximum Gasteiger partial charge on any atom is 0.282 e. The number of hydrazone groups is 2. The van der Waals surface area contributed by atoms with Crippen LogP contribution in [0, 0.1) is 0 Å². The van der Waals surface area contributed by atoms with Gasteiger partial charge in [0.15, 0.2) is 17.4 Å². The Morgan fingerprint density at radius 1 is 0.467 bits per heavy atom. The van der Waals surface area contributed by atoms with Crippen molar-refractivity contribution in [3.63, 3.8) is 0 Å². The number of hydrogen-bond acceptors (Lipinski definition) is 9. The Balaban J connectivity index is 0.904. The number of hydrogen-bond donors (Lipinski definition) is 0. The van der Waals surface area contributed by atoms with E-state index in [0.29, 0.717) is 35.9 Å². The number of unbranched alkanes of at least 4 members (excludes halogenated alkanes) is 4. The van der Waals surface area contributed by atoms with Crippen molar-refractivity contribution < 1.29 is 14.2 Å². The third kappa shape index (κ3) is 16.1.